The quantitative estimate of drug-likeness (QED) is 0.701. The van der Waals surface area contributed by atoms with Crippen molar-refractivity contribution in [2.75, 3.05) is 13.1 Å². The van der Waals surface area contributed by atoms with E-state index in [4.69, 9.17) is 4.74 Å². The summed E-state index contributed by atoms with van der Waals surface area (Å²) in [6.45, 7) is 8.35. The molecule has 1 heterocycles. The number of likely N-dealkylation sites (N-methyl/N-ethyl adjacent to an activating group) is 1. The monoisotopic (exact) mass is 233 g/mol. The van der Waals surface area contributed by atoms with Gasteiger partial charge in [-0.2, -0.15) is 0 Å². The molecule has 0 aromatic heterocycles. The molecule has 0 bridgehead atoms. The van der Waals surface area contributed by atoms with Crippen molar-refractivity contribution in [2.45, 2.75) is 32.7 Å². The van der Waals surface area contributed by atoms with Crippen molar-refractivity contribution in [3.63, 3.8) is 0 Å². The van der Waals surface area contributed by atoms with Crippen LogP contribution in [-0.2, 0) is 9.53 Å². The summed E-state index contributed by atoms with van der Waals surface area (Å²) < 4.78 is 5.30. The Labute approximate surface area is 102 Å². The largest absolute Gasteiger partial charge is 0.426 e. The van der Waals surface area contributed by atoms with E-state index >= 15 is 0 Å². The lowest BCUT2D eigenvalue weighted by Crippen LogP contribution is -2.44. The van der Waals surface area contributed by atoms with Gasteiger partial charge >= 0.3 is 5.97 Å². The molecule has 0 saturated carbocycles. The molecule has 2 rings (SSSR count). The van der Waals surface area contributed by atoms with Crippen molar-refractivity contribution in [3.05, 3.63) is 35.6 Å². The summed E-state index contributed by atoms with van der Waals surface area (Å²) in [5.74, 6) is 0.537. The average molecular weight is 233 g/mol. The van der Waals surface area contributed by atoms with Crippen molar-refractivity contribution >= 4 is 5.97 Å². The molecule has 1 aliphatic carbocycles. The van der Waals surface area contributed by atoms with Gasteiger partial charge in [-0.15, -0.1) is 0 Å². The second kappa shape index (κ2) is 4.49. The summed E-state index contributed by atoms with van der Waals surface area (Å²) >= 11 is 0. The van der Waals surface area contributed by atoms with Gasteiger partial charge in [0, 0.05) is 5.57 Å². The highest BCUT2D eigenvalue weighted by Gasteiger charge is 2.31. The number of nitrogens with zero attached hydrogens (tertiary/aromatic N) is 1. The number of hydrogen-bond acceptors (Lipinski definition) is 3. The lowest BCUT2D eigenvalue weighted by Gasteiger charge is -2.38. The average Bonchev–Trinajstić information content (AvgIpc) is 2.29. The zero-order chi connectivity index (χ0) is 12.5. The Morgan fingerprint density at radius 3 is 2.76 bits per heavy atom. The molecule has 1 atom stereocenters. The van der Waals surface area contributed by atoms with Gasteiger partial charge in [-0.05, 0) is 26.1 Å². The maximum atomic E-state index is 11.3. The van der Waals surface area contributed by atoms with Gasteiger partial charge in [0.1, 0.15) is 5.76 Å². The number of esters is 1. The Balaban J connectivity index is 2.33. The molecular formula is C14H19NO2. The Morgan fingerprint density at radius 2 is 2.12 bits per heavy atom. The van der Waals surface area contributed by atoms with Gasteiger partial charge in [0.15, 0.2) is 0 Å². The summed E-state index contributed by atoms with van der Waals surface area (Å²) in [6.07, 6.45) is 8.58. The summed E-state index contributed by atoms with van der Waals surface area (Å²) in [7, 11) is 0. The van der Waals surface area contributed by atoms with E-state index in [0.717, 1.165) is 18.7 Å². The Morgan fingerprint density at radius 1 is 1.41 bits per heavy atom. The van der Waals surface area contributed by atoms with Crippen LogP contribution >= 0.6 is 0 Å². The molecule has 0 saturated heterocycles. The van der Waals surface area contributed by atoms with E-state index in [1.807, 2.05) is 12.2 Å². The van der Waals surface area contributed by atoms with E-state index in [0.29, 0.717) is 12.2 Å². The molecule has 92 valence electrons. The van der Waals surface area contributed by atoms with Crippen LogP contribution in [0.5, 0.6) is 0 Å². The van der Waals surface area contributed by atoms with Crippen molar-refractivity contribution in [2.24, 2.45) is 0 Å². The minimum Gasteiger partial charge on any atom is -0.426 e. The SMILES string of the molecule is CCN(CC)C1(C)C=CC2=CCC(=O)OC2=C1. The Bertz CT molecular complexity index is 416. The molecule has 2 aliphatic rings. The Kier molecular flexibility index (Phi) is 3.20. The van der Waals surface area contributed by atoms with E-state index in [1.165, 1.54) is 0 Å². The molecule has 0 amide bonds. The van der Waals surface area contributed by atoms with E-state index in [2.05, 4.69) is 37.8 Å². The molecule has 0 N–H and O–H groups in total. The topological polar surface area (TPSA) is 29.5 Å². The predicted octanol–water partition coefficient (Wildman–Crippen LogP) is 2.41. The first-order chi connectivity index (χ1) is 8.09. The smallest absolute Gasteiger partial charge is 0.315 e. The molecule has 3 heteroatoms. The van der Waals surface area contributed by atoms with Crippen LogP contribution in [-0.4, -0.2) is 29.5 Å². The first kappa shape index (κ1) is 12.1. The number of rotatable bonds is 3. The lowest BCUT2D eigenvalue weighted by molar-refractivity contribution is -0.138. The minimum absolute atomic E-state index is 0.159. The maximum absolute atomic E-state index is 11.3. The normalized spacial score (nSPS) is 27.4. The van der Waals surface area contributed by atoms with Gasteiger partial charge in [-0.25, -0.2) is 0 Å². The van der Waals surface area contributed by atoms with Gasteiger partial charge in [-0.1, -0.05) is 32.1 Å². The second-order valence-electron chi connectivity index (χ2n) is 4.58. The van der Waals surface area contributed by atoms with Crippen LogP contribution in [0.3, 0.4) is 0 Å². The van der Waals surface area contributed by atoms with Crippen molar-refractivity contribution in [1.82, 2.24) is 4.90 Å². The van der Waals surface area contributed by atoms with Crippen molar-refractivity contribution < 1.29 is 9.53 Å². The van der Waals surface area contributed by atoms with Gasteiger partial charge in [0.2, 0.25) is 0 Å². The third-order valence-corrected chi connectivity index (χ3v) is 3.47. The molecule has 0 fully saturated rings. The van der Waals surface area contributed by atoms with Crippen molar-refractivity contribution in [3.8, 4) is 0 Å². The Hall–Kier alpha value is -1.35. The molecule has 1 unspecified atom stereocenters. The van der Waals surface area contributed by atoms with Gasteiger partial charge in [-0.3, -0.25) is 9.69 Å². The van der Waals surface area contributed by atoms with Crippen molar-refractivity contribution in [1.29, 1.82) is 0 Å². The molecule has 0 aromatic rings. The van der Waals surface area contributed by atoms with Crippen LogP contribution in [0.25, 0.3) is 0 Å². The third kappa shape index (κ3) is 2.20. The number of carbonyl (C=O) groups excluding carboxylic acids is 1. The molecule has 0 radical (unpaired) electrons. The first-order valence-corrected chi connectivity index (χ1v) is 6.17. The van der Waals surface area contributed by atoms with E-state index in [-0.39, 0.29) is 11.5 Å². The number of ether oxygens (including phenoxy) is 1. The number of carbonyl (C=O) groups is 1. The fraction of sp³-hybridized carbons (Fsp3) is 0.500. The van der Waals surface area contributed by atoms with E-state index < -0.39 is 0 Å². The van der Waals surface area contributed by atoms with Crippen LogP contribution in [0.2, 0.25) is 0 Å². The summed E-state index contributed by atoms with van der Waals surface area (Å²) in [5, 5.41) is 0. The van der Waals surface area contributed by atoms with Gasteiger partial charge in [0.25, 0.3) is 0 Å². The number of fused-ring (bicyclic) bond motifs is 1. The zero-order valence-electron chi connectivity index (χ0n) is 10.7. The highest BCUT2D eigenvalue weighted by molar-refractivity contribution is 5.76. The third-order valence-electron chi connectivity index (χ3n) is 3.47. The van der Waals surface area contributed by atoms with Gasteiger partial charge in [0.05, 0.1) is 12.0 Å². The maximum Gasteiger partial charge on any atom is 0.315 e. The molecular weight excluding hydrogens is 214 g/mol. The molecule has 0 spiro atoms. The summed E-state index contributed by atoms with van der Waals surface area (Å²) in [5.41, 5.74) is 0.864. The van der Waals surface area contributed by atoms with Crippen LogP contribution in [0.4, 0.5) is 0 Å². The fourth-order valence-electron chi connectivity index (χ4n) is 2.45. The molecule has 3 nitrogen and oxygen atoms in total. The first-order valence-electron chi connectivity index (χ1n) is 6.17. The van der Waals surface area contributed by atoms with Crippen LogP contribution in [0.1, 0.15) is 27.2 Å². The zero-order valence-corrected chi connectivity index (χ0v) is 10.7. The molecule has 0 aromatic carbocycles. The summed E-state index contributed by atoms with van der Waals surface area (Å²) in [6, 6.07) is 0. The van der Waals surface area contributed by atoms with Crippen LogP contribution < -0.4 is 0 Å². The highest BCUT2D eigenvalue weighted by atomic mass is 16.5. The minimum atomic E-state index is -0.169. The van der Waals surface area contributed by atoms with Crippen LogP contribution in [0, 0.1) is 0 Å². The van der Waals surface area contributed by atoms with E-state index in [1.54, 1.807) is 0 Å². The van der Waals surface area contributed by atoms with Gasteiger partial charge < -0.3 is 4.74 Å². The standard InChI is InChI=1S/C14H19NO2/c1-4-15(5-2)14(3)9-8-11-6-7-13(16)17-12(11)10-14/h6,8-10H,4-5,7H2,1-3H3. The second-order valence-corrected chi connectivity index (χ2v) is 4.58. The lowest BCUT2D eigenvalue weighted by atomic mass is 9.90. The van der Waals surface area contributed by atoms with Crippen LogP contribution in [0.15, 0.2) is 35.6 Å². The fourth-order valence-corrected chi connectivity index (χ4v) is 2.45. The molecule has 17 heavy (non-hydrogen) atoms. The molecule has 1 aliphatic heterocycles. The number of hydrogen-bond donors (Lipinski definition) is 0. The number of allylic oxidation sites excluding steroid dienone is 1. The highest BCUT2D eigenvalue weighted by Crippen LogP contribution is 2.32. The van der Waals surface area contributed by atoms with E-state index in [9.17, 15) is 4.79 Å². The summed E-state index contributed by atoms with van der Waals surface area (Å²) in [4.78, 5) is 13.6. The predicted molar refractivity (Wildman–Crippen MR) is 67.3 cm³/mol.